The summed E-state index contributed by atoms with van der Waals surface area (Å²) in [6.45, 7) is 11.6. The van der Waals surface area contributed by atoms with Gasteiger partial charge in [-0.15, -0.1) is 0 Å². The number of piperidine rings is 2. The fraction of sp³-hybridized carbons (Fsp3) is 1.00. The van der Waals surface area contributed by atoms with Crippen LogP contribution >= 0.6 is 0 Å². The van der Waals surface area contributed by atoms with E-state index in [-0.39, 0.29) is 0 Å². The van der Waals surface area contributed by atoms with Gasteiger partial charge in [-0.3, -0.25) is 0 Å². The molecule has 0 aromatic heterocycles. The Morgan fingerprint density at radius 1 is 1.06 bits per heavy atom. The zero-order valence-electron chi connectivity index (χ0n) is 11.2. The van der Waals surface area contributed by atoms with Crippen molar-refractivity contribution in [1.82, 2.24) is 10.2 Å². The SMILES string of the molecule is C1CC2CC2N1.CC.CCN1CC2CC2C1. The molecule has 4 atom stereocenters. The highest BCUT2D eigenvalue weighted by Crippen LogP contribution is 2.44. The first kappa shape index (κ1) is 12.4. The molecule has 4 fully saturated rings. The minimum atomic E-state index is 0.963. The molecule has 2 heteroatoms. The molecule has 16 heavy (non-hydrogen) atoms. The first-order chi connectivity index (χ1) is 7.86. The Morgan fingerprint density at radius 3 is 2.00 bits per heavy atom. The second kappa shape index (κ2) is 5.50. The fourth-order valence-electron chi connectivity index (χ4n) is 3.02. The molecule has 4 rings (SSSR count). The lowest BCUT2D eigenvalue weighted by molar-refractivity contribution is 0.322. The van der Waals surface area contributed by atoms with Gasteiger partial charge in [-0.25, -0.2) is 0 Å². The molecule has 0 aromatic rings. The first-order valence-corrected chi connectivity index (χ1v) is 7.32. The Labute approximate surface area is 101 Å². The molecule has 2 nitrogen and oxygen atoms in total. The van der Waals surface area contributed by atoms with Gasteiger partial charge in [-0.2, -0.15) is 0 Å². The van der Waals surface area contributed by atoms with Crippen LogP contribution in [0.25, 0.3) is 0 Å². The number of nitrogens with zero attached hydrogens (tertiary/aromatic N) is 1. The molecule has 2 saturated carbocycles. The average Bonchev–Trinajstić information content (AvgIpc) is 3.20. The molecule has 0 amide bonds. The smallest absolute Gasteiger partial charge is 0.00996 e. The molecule has 0 radical (unpaired) electrons. The second-order valence-electron chi connectivity index (χ2n) is 5.45. The minimum Gasteiger partial charge on any atom is -0.314 e. The summed E-state index contributed by atoms with van der Waals surface area (Å²) in [5.74, 6) is 3.34. The number of likely N-dealkylation sites (tertiary alicyclic amines) is 1. The molecule has 0 bridgehead atoms. The van der Waals surface area contributed by atoms with E-state index in [0.717, 1.165) is 23.8 Å². The second-order valence-corrected chi connectivity index (χ2v) is 5.45. The zero-order chi connectivity index (χ0) is 11.5. The Bertz CT molecular complexity index is 199. The van der Waals surface area contributed by atoms with Crippen molar-refractivity contribution in [2.75, 3.05) is 26.2 Å². The minimum absolute atomic E-state index is 0.963. The Balaban J connectivity index is 0.000000107. The molecule has 2 aliphatic carbocycles. The van der Waals surface area contributed by atoms with E-state index >= 15 is 0 Å². The molecule has 0 spiro atoms. The van der Waals surface area contributed by atoms with Crippen LogP contribution < -0.4 is 5.32 Å². The maximum Gasteiger partial charge on any atom is 0.00996 e. The van der Waals surface area contributed by atoms with Crippen LogP contribution in [0.5, 0.6) is 0 Å². The summed E-state index contributed by atoms with van der Waals surface area (Å²) in [4.78, 5) is 2.55. The van der Waals surface area contributed by atoms with Gasteiger partial charge in [0.15, 0.2) is 0 Å². The highest BCUT2D eigenvalue weighted by atomic mass is 15.2. The maximum atomic E-state index is 3.39. The summed E-state index contributed by atoms with van der Waals surface area (Å²) >= 11 is 0. The van der Waals surface area contributed by atoms with Crippen molar-refractivity contribution in [2.45, 2.75) is 46.1 Å². The van der Waals surface area contributed by atoms with Crippen LogP contribution in [0.15, 0.2) is 0 Å². The van der Waals surface area contributed by atoms with Crippen LogP contribution in [0.1, 0.15) is 40.0 Å². The van der Waals surface area contributed by atoms with Crippen molar-refractivity contribution in [3.8, 4) is 0 Å². The van der Waals surface area contributed by atoms with Gasteiger partial charge in [0.05, 0.1) is 0 Å². The summed E-state index contributed by atoms with van der Waals surface area (Å²) in [5, 5.41) is 3.39. The maximum absolute atomic E-state index is 3.39. The quantitative estimate of drug-likeness (QED) is 0.735. The predicted octanol–water partition coefficient (Wildman–Crippen LogP) is 2.35. The van der Waals surface area contributed by atoms with Crippen molar-refractivity contribution in [2.24, 2.45) is 17.8 Å². The van der Waals surface area contributed by atoms with Gasteiger partial charge < -0.3 is 10.2 Å². The molecule has 2 aliphatic heterocycles. The van der Waals surface area contributed by atoms with Crippen molar-refractivity contribution in [3.63, 3.8) is 0 Å². The molecule has 2 saturated heterocycles. The lowest BCUT2D eigenvalue weighted by atomic mass is 10.3. The van der Waals surface area contributed by atoms with Gasteiger partial charge in [0.25, 0.3) is 0 Å². The molecular weight excluding hydrogens is 196 g/mol. The molecule has 2 heterocycles. The van der Waals surface area contributed by atoms with E-state index in [9.17, 15) is 0 Å². The average molecular weight is 224 g/mol. The first-order valence-electron chi connectivity index (χ1n) is 7.32. The van der Waals surface area contributed by atoms with Gasteiger partial charge in [-0.05, 0) is 50.1 Å². The van der Waals surface area contributed by atoms with Gasteiger partial charge >= 0.3 is 0 Å². The number of nitrogens with one attached hydrogen (secondary N) is 1. The molecular formula is C14H28N2. The number of hydrogen-bond acceptors (Lipinski definition) is 2. The molecule has 4 unspecified atom stereocenters. The Hall–Kier alpha value is -0.0800. The third-order valence-corrected chi connectivity index (χ3v) is 4.35. The van der Waals surface area contributed by atoms with Gasteiger partial charge in [0.2, 0.25) is 0 Å². The Morgan fingerprint density at radius 2 is 1.75 bits per heavy atom. The normalized spacial score (nSPS) is 42.2. The van der Waals surface area contributed by atoms with Gasteiger partial charge in [0, 0.05) is 19.1 Å². The highest BCUT2D eigenvalue weighted by molar-refractivity contribution is 4.98. The lowest BCUT2D eigenvalue weighted by Crippen LogP contribution is -2.21. The summed E-state index contributed by atoms with van der Waals surface area (Å²) in [5.41, 5.74) is 0. The standard InChI is InChI=1S/C7H13N.C5H9N.C2H6/c1-2-8-4-6-3-7(6)5-8;1-2-6-5-3-4(1)5;1-2/h6-7H,2-5H2,1H3;4-6H,1-3H2;1-2H3. The van der Waals surface area contributed by atoms with E-state index in [0.29, 0.717) is 0 Å². The number of hydrogen-bond donors (Lipinski definition) is 1. The monoisotopic (exact) mass is 224 g/mol. The van der Waals surface area contributed by atoms with Crippen LogP contribution in [0.2, 0.25) is 0 Å². The third-order valence-electron chi connectivity index (χ3n) is 4.35. The molecule has 0 aromatic carbocycles. The predicted molar refractivity (Wildman–Crippen MR) is 69.6 cm³/mol. The van der Waals surface area contributed by atoms with E-state index in [1.165, 1.54) is 45.4 Å². The van der Waals surface area contributed by atoms with Crippen molar-refractivity contribution >= 4 is 0 Å². The van der Waals surface area contributed by atoms with E-state index < -0.39 is 0 Å². The molecule has 4 aliphatic rings. The fourth-order valence-corrected chi connectivity index (χ4v) is 3.02. The largest absolute Gasteiger partial charge is 0.314 e. The van der Waals surface area contributed by atoms with Crippen molar-refractivity contribution in [3.05, 3.63) is 0 Å². The Kier molecular flexibility index (Phi) is 4.26. The van der Waals surface area contributed by atoms with E-state index in [4.69, 9.17) is 0 Å². The summed E-state index contributed by atoms with van der Waals surface area (Å²) in [6.07, 6.45) is 4.46. The van der Waals surface area contributed by atoms with Crippen molar-refractivity contribution in [1.29, 1.82) is 0 Å². The topological polar surface area (TPSA) is 15.3 Å². The number of rotatable bonds is 1. The van der Waals surface area contributed by atoms with Crippen LogP contribution in [-0.4, -0.2) is 37.1 Å². The van der Waals surface area contributed by atoms with E-state index in [1.807, 2.05) is 13.8 Å². The third kappa shape index (κ3) is 2.98. The summed E-state index contributed by atoms with van der Waals surface area (Å²) < 4.78 is 0. The molecule has 94 valence electrons. The molecule has 1 N–H and O–H groups in total. The van der Waals surface area contributed by atoms with Gasteiger partial charge in [-0.1, -0.05) is 20.8 Å². The number of fused-ring (bicyclic) bond motifs is 2. The van der Waals surface area contributed by atoms with E-state index in [1.54, 1.807) is 0 Å². The van der Waals surface area contributed by atoms with Crippen LogP contribution in [0, 0.1) is 17.8 Å². The summed E-state index contributed by atoms with van der Waals surface area (Å²) in [6, 6.07) is 0.963. The van der Waals surface area contributed by atoms with Crippen LogP contribution in [-0.2, 0) is 0 Å². The zero-order valence-corrected chi connectivity index (χ0v) is 11.2. The van der Waals surface area contributed by atoms with Crippen molar-refractivity contribution < 1.29 is 0 Å². The highest BCUT2D eigenvalue weighted by Gasteiger charge is 2.44. The lowest BCUT2D eigenvalue weighted by Gasteiger charge is -2.12. The van der Waals surface area contributed by atoms with Crippen LogP contribution in [0.3, 0.4) is 0 Å². The van der Waals surface area contributed by atoms with Crippen LogP contribution in [0.4, 0.5) is 0 Å². The van der Waals surface area contributed by atoms with Gasteiger partial charge in [0.1, 0.15) is 0 Å². The summed E-state index contributed by atoms with van der Waals surface area (Å²) in [7, 11) is 0. The van der Waals surface area contributed by atoms with E-state index in [2.05, 4.69) is 17.1 Å².